The summed E-state index contributed by atoms with van der Waals surface area (Å²) in [7, 11) is 0. The van der Waals surface area contributed by atoms with E-state index in [4.69, 9.17) is 4.74 Å². The molecule has 0 radical (unpaired) electrons. The molecule has 1 heterocycles. The van der Waals surface area contributed by atoms with E-state index in [9.17, 15) is 4.79 Å². The number of rotatable bonds is 0. The van der Waals surface area contributed by atoms with E-state index in [1.807, 2.05) is 0 Å². The van der Waals surface area contributed by atoms with Crippen molar-refractivity contribution in [2.45, 2.75) is 12.8 Å². The summed E-state index contributed by atoms with van der Waals surface area (Å²) in [6, 6.07) is 0. The maximum Gasteiger partial charge on any atom is 0.316 e. The largest absolute Gasteiger partial charge is 0.464 e. The Labute approximate surface area is 65.2 Å². The van der Waals surface area contributed by atoms with E-state index in [2.05, 4.69) is 12.2 Å². The maximum absolute atomic E-state index is 11.2. The van der Waals surface area contributed by atoms with Crippen LogP contribution in [0.2, 0.25) is 0 Å². The fraction of sp³-hybridized carbons (Fsp3) is 0.667. The second kappa shape index (κ2) is 1.52. The van der Waals surface area contributed by atoms with Crippen LogP contribution in [-0.2, 0) is 9.53 Å². The van der Waals surface area contributed by atoms with Crippen LogP contribution in [0, 0.1) is 17.3 Å². The van der Waals surface area contributed by atoms with Crippen molar-refractivity contribution in [3.63, 3.8) is 0 Å². The number of ether oxygens (including phenoxy) is 1. The van der Waals surface area contributed by atoms with Crippen LogP contribution in [0.5, 0.6) is 0 Å². The minimum atomic E-state index is -0.0561. The van der Waals surface area contributed by atoms with Crippen molar-refractivity contribution in [3.05, 3.63) is 12.2 Å². The van der Waals surface area contributed by atoms with Crippen molar-refractivity contribution in [1.82, 2.24) is 0 Å². The first-order chi connectivity index (χ1) is 5.31. The lowest BCUT2D eigenvalue weighted by molar-refractivity contribution is -0.189. The number of hydrogen-bond acceptors (Lipinski definition) is 2. The molecule has 0 aromatic rings. The number of carbonyl (C=O) groups excluding carboxylic acids is 1. The van der Waals surface area contributed by atoms with E-state index in [0.717, 1.165) is 6.42 Å². The van der Waals surface area contributed by atoms with E-state index in [1.54, 1.807) is 0 Å². The maximum atomic E-state index is 11.2. The van der Waals surface area contributed by atoms with Gasteiger partial charge in [-0.25, -0.2) is 0 Å². The fourth-order valence-electron chi connectivity index (χ4n) is 2.67. The molecule has 1 saturated carbocycles. The Bertz CT molecular complexity index is 256. The van der Waals surface area contributed by atoms with Gasteiger partial charge in [-0.2, -0.15) is 0 Å². The molecule has 2 heteroatoms. The van der Waals surface area contributed by atoms with Crippen molar-refractivity contribution in [1.29, 1.82) is 0 Å². The van der Waals surface area contributed by atoms with Gasteiger partial charge in [-0.3, -0.25) is 4.79 Å². The Morgan fingerprint density at radius 3 is 2.73 bits per heavy atom. The van der Waals surface area contributed by atoms with Gasteiger partial charge in [0.25, 0.3) is 0 Å². The number of allylic oxidation sites excluding steroid dienone is 2. The number of hydrogen-bond donors (Lipinski definition) is 0. The first-order valence-electron chi connectivity index (χ1n) is 4.17. The van der Waals surface area contributed by atoms with Crippen LogP contribution >= 0.6 is 0 Å². The lowest BCUT2D eigenvalue weighted by Crippen LogP contribution is -2.50. The average molecular weight is 150 g/mol. The summed E-state index contributed by atoms with van der Waals surface area (Å²) in [4.78, 5) is 11.2. The summed E-state index contributed by atoms with van der Waals surface area (Å²) < 4.78 is 4.85. The summed E-state index contributed by atoms with van der Waals surface area (Å²) in [6.45, 7) is 0.678. The summed E-state index contributed by atoms with van der Waals surface area (Å²) >= 11 is 0. The van der Waals surface area contributed by atoms with Crippen molar-refractivity contribution in [2.75, 3.05) is 6.61 Å². The quantitative estimate of drug-likeness (QED) is 0.382. The monoisotopic (exact) mass is 150 g/mol. The van der Waals surface area contributed by atoms with Crippen molar-refractivity contribution in [3.8, 4) is 0 Å². The van der Waals surface area contributed by atoms with E-state index in [0.29, 0.717) is 18.4 Å². The standard InChI is InChI=1S/C9H10O2/c10-8-9(5-11-8)4-6-1-2-7(9)3-6/h1-2,6-7H,3-5H2. The Morgan fingerprint density at radius 2 is 2.45 bits per heavy atom. The molecule has 3 aliphatic rings. The minimum Gasteiger partial charge on any atom is -0.464 e. The molecule has 0 aromatic carbocycles. The molecular formula is C9H10O2. The molecule has 3 unspecified atom stereocenters. The van der Waals surface area contributed by atoms with Crippen LogP contribution in [0.1, 0.15) is 12.8 Å². The highest BCUT2D eigenvalue weighted by atomic mass is 16.6. The van der Waals surface area contributed by atoms with Crippen LogP contribution in [0.15, 0.2) is 12.2 Å². The van der Waals surface area contributed by atoms with E-state index in [1.165, 1.54) is 6.42 Å². The molecule has 2 aliphatic carbocycles. The molecule has 0 amide bonds. The van der Waals surface area contributed by atoms with Crippen LogP contribution in [-0.4, -0.2) is 12.6 Å². The molecule has 3 rings (SSSR count). The zero-order chi connectivity index (χ0) is 7.47. The molecule has 2 fully saturated rings. The summed E-state index contributed by atoms with van der Waals surface area (Å²) in [5.41, 5.74) is -0.0561. The lowest BCUT2D eigenvalue weighted by Gasteiger charge is -2.40. The Morgan fingerprint density at radius 1 is 1.55 bits per heavy atom. The van der Waals surface area contributed by atoms with Crippen molar-refractivity contribution < 1.29 is 9.53 Å². The van der Waals surface area contributed by atoms with Gasteiger partial charge >= 0.3 is 5.97 Å². The molecular weight excluding hydrogens is 140 g/mol. The second-order valence-corrected chi connectivity index (χ2v) is 3.92. The highest BCUT2D eigenvalue weighted by molar-refractivity contribution is 5.83. The average Bonchev–Trinajstić information content (AvgIpc) is 2.60. The Hall–Kier alpha value is -0.790. The minimum absolute atomic E-state index is 0.0503. The third-order valence-electron chi connectivity index (χ3n) is 3.38. The predicted molar refractivity (Wildman–Crippen MR) is 38.7 cm³/mol. The molecule has 1 spiro atoms. The van der Waals surface area contributed by atoms with Gasteiger partial charge in [-0.05, 0) is 24.7 Å². The molecule has 2 nitrogen and oxygen atoms in total. The molecule has 11 heavy (non-hydrogen) atoms. The van der Waals surface area contributed by atoms with Gasteiger partial charge in [0, 0.05) is 0 Å². The van der Waals surface area contributed by atoms with Gasteiger partial charge in [-0.15, -0.1) is 0 Å². The van der Waals surface area contributed by atoms with Gasteiger partial charge in [0.15, 0.2) is 0 Å². The van der Waals surface area contributed by atoms with E-state index >= 15 is 0 Å². The van der Waals surface area contributed by atoms with E-state index < -0.39 is 0 Å². The highest BCUT2D eigenvalue weighted by Crippen LogP contribution is 2.56. The third-order valence-corrected chi connectivity index (χ3v) is 3.38. The van der Waals surface area contributed by atoms with Gasteiger partial charge in [0.1, 0.15) is 12.0 Å². The highest BCUT2D eigenvalue weighted by Gasteiger charge is 2.60. The number of carbonyl (C=O) groups is 1. The number of esters is 1. The van der Waals surface area contributed by atoms with Crippen molar-refractivity contribution >= 4 is 5.97 Å². The summed E-state index contributed by atoms with van der Waals surface area (Å²) in [5, 5.41) is 0. The molecule has 3 atom stereocenters. The van der Waals surface area contributed by atoms with Crippen LogP contribution < -0.4 is 0 Å². The molecule has 2 bridgehead atoms. The van der Waals surface area contributed by atoms with Gasteiger partial charge < -0.3 is 4.74 Å². The van der Waals surface area contributed by atoms with Crippen molar-refractivity contribution in [2.24, 2.45) is 17.3 Å². The third kappa shape index (κ3) is 0.492. The van der Waals surface area contributed by atoms with Gasteiger partial charge in [0.2, 0.25) is 0 Å². The topological polar surface area (TPSA) is 26.3 Å². The zero-order valence-corrected chi connectivity index (χ0v) is 6.25. The smallest absolute Gasteiger partial charge is 0.316 e. The van der Waals surface area contributed by atoms with Crippen LogP contribution in [0.25, 0.3) is 0 Å². The summed E-state index contributed by atoms with van der Waals surface area (Å²) in [6.07, 6.45) is 6.69. The van der Waals surface area contributed by atoms with Gasteiger partial charge in [-0.1, -0.05) is 12.2 Å². The normalized spacial score (nSPS) is 51.5. The Kier molecular flexibility index (Phi) is 0.803. The SMILES string of the molecule is O=C1OCC12CC1C=CC2C1. The zero-order valence-electron chi connectivity index (χ0n) is 6.25. The molecule has 58 valence electrons. The first-order valence-corrected chi connectivity index (χ1v) is 4.17. The Balaban J connectivity index is 2.01. The molecule has 1 aliphatic heterocycles. The van der Waals surface area contributed by atoms with Crippen LogP contribution in [0.4, 0.5) is 0 Å². The molecule has 0 aromatic heterocycles. The lowest BCUT2D eigenvalue weighted by atomic mass is 9.73. The molecule has 1 saturated heterocycles. The molecule has 0 N–H and O–H groups in total. The number of fused-ring (bicyclic) bond motifs is 3. The van der Waals surface area contributed by atoms with Crippen LogP contribution in [0.3, 0.4) is 0 Å². The summed E-state index contributed by atoms with van der Waals surface area (Å²) in [5.74, 6) is 1.23. The van der Waals surface area contributed by atoms with Gasteiger partial charge in [0.05, 0.1) is 0 Å². The van der Waals surface area contributed by atoms with E-state index in [-0.39, 0.29) is 11.4 Å². The predicted octanol–water partition coefficient (Wildman–Crippen LogP) is 1.13. The number of cyclic esters (lactones) is 1. The first kappa shape index (κ1) is 5.81. The second-order valence-electron chi connectivity index (χ2n) is 3.92. The fourth-order valence-corrected chi connectivity index (χ4v) is 2.67.